The van der Waals surface area contributed by atoms with Crippen LogP contribution in [0.5, 0.6) is 5.75 Å². The van der Waals surface area contributed by atoms with Crippen molar-refractivity contribution < 1.29 is 13.9 Å². The van der Waals surface area contributed by atoms with Crippen molar-refractivity contribution >= 4 is 11.7 Å². The summed E-state index contributed by atoms with van der Waals surface area (Å²) in [5.41, 5.74) is 2.37. The van der Waals surface area contributed by atoms with Crippen LogP contribution in [0, 0.1) is 20.8 Å². The van der Waals surface area contributed by atoms with E-state index in [1.54, 1.807) is 44.2 Å². The van der Waals surface area contributed by atoms with E-state index in [2.05, 4.69) is 20.4 Å². The molecule has 1 amide bonds. The Morgan fingerprint density at radius 1 is 1.19 bits per heavy atom. The maximum Gasteiger partial charge on any atom is 0.263 e. The summed E-state index contributed by atoms with van der Waals surface area (Å²) in [6.07, 6.45) is 1.53. The molecule has 0 radical (unpaired) electrons. The predicted octanol–water partition coefficient (Wildman–Crippen LogP) is 3.16. The van der Waals surface area contributed by atoms with E-state index in [1.165, 1.54) is 10.9 Å². The number of aromatic amines is 1. The number of rotatable bonds is 6. The molecule has 31 heavy (non-hydrogen) atoms. The molecule has 4 aromatic rings. The number of amides is 1. The molecule has 0 aliphatic carbocycles. The standard InChI is InChI=1S/C22H21N5O4/c1-13-6-8-16(9-7-13)31-12-20(28)24-19-11-17(18-5-4-10-30-18)26-27(19)22-23-15(3)14(2)21(29)25-22/h4-11H,12H2,1-3H3,(H,24,28)(H,23,25,29). The zero-order valence-corrected chi connectivity index (χ0v) is 17.3. The molecule has 0 unspecified atom stereocenters. The Hall–Kier alpha value is -4.14. The number of nitrogens with one attached hydrogen (secondary N) is 2. The lowest BCUT2D eigenvalue weighted by molar-refractivity contribution is -0.118. The average molecular weight is 419 g/mol. The van der Waals surface area contributed by atoms with Gasteiger partial charge in [-0.25, -0.2) is 4.98 Å². The maximum absolute atomic E-state index is 12.5. The van der Waals surface area contributed by atoms with Gasteiger partial charge in [0.25, 0.3) is 11.5 Å². The number of anilines is 1. The highest BCUT2D eigenvalue weighted by molar-refractivity contribution is 5.91. The van der Waals surface area contributed by atoms with Gasteiger partial charge in [0.1, 0.15) is 17.3 Å². The summed E-state index contributed by atoms with van der Waals surface area (Å²) in [4.78, 5) is 31.8. The molecule has 1 aromatic carbocycles. The first-order valence-corrected chi connectivity index (χ1v) is 9.62. The molecule has 158 valence electrons. The molecule has 0 bridgehead atoms. The summed E-state index contributed by atoms with van der Waals surface area (Å²) in [6, 6.07) is 12.5. The van der Waals surface area contributed by atoms with Crippen molar-refractivity contribution in [1.82, 2.24) is 19.7 Å². The molecule has 4 rings (SSSR count). The molecule has 9 nitrogen and oxygen atoms in total. The minimum Gasteiger partial charge on any atom is -0.484 e. The van der Waals surface area contributed by atoms with Crippen LogP contribution in [0.2, 0.25) is 0 Å². The number of aryl methyl sites for hydroxylation is 2. The summed E-state index contributed by atoms with van der Waals surface area (Å²) >= 11 is 0. The van der Waals surface area contributed by atoms with Gasteiger partial charge >= 0.3 is 0 Å². The van der Waals surface area contributed by atoms with Crippen molar-refractivity contribution in [2.45, 2.75) is 20.8 Å². The molecular weight excluding hydrogens is 398 g/mol. The molecule has 0 saturated carbocycles. The number of aromatic nitrogens is 4. The molecule has 0 aliphatic heterocycles. The number of ether oxygens (including phenoxy) is 1. The molecule has 0 atom stereocenters. The minimum absolute atomic E-state index is 0.181. The molecule has 0 fully saturated rings. The van der Waals surface area contributed by atoms with Crippen LogP contribution >= 0.6 is 0 Å². The minimum atomic E-state index is -0.390. The molecule has 0 aliphatic rings. The van der Waals surface area contributed by atoms with E-state index >= 15 is 0 Å². The lowest BCUT2D eigenvalue weighted by Gasteiger charge is -2.10. The second-order valence-corrected chi connectivity index (χ2v) is 7.05. The third-order valence-electron chi connectivity index (χ3n) is 4.72. The van der Waals surface area contributed by atoms with Gasteiger partial charge in [0.2, 0.25) is 5.95 Å². The fraction of sp³-hybridized carbons (Fsp3) is 0.182. The van der Waals surface area contributed by atoms with Gasteiger partial charge in [0.15, 0.2) is 12.4 Å². The van der Waals surface area contributed by atoms with E-state index in [0.717, 1.165) is 5.56 Å². The van der Waals surface area contributed by atoms with Crippen LogP contribution in [-0.2, 0) is 4.79 Å². The second kappa shape index (κ2) is 8.31. The molecule has 0 saturated heterocycles. The van der Waals surface area contributed by atoms with Crippen LogP contribution in [0.1, 0.15) is 16.8 Å². The molecule has 3 heterocycles. The first-order chi connectivity index (χ1) is 14.9. The predicted molar refractivity (Wildman–Crippen MR) is 114 cm³/mol. The normalized spacial score (nSPS) is 10.8. The monoisotopic (exact) mass is 419 g/mol. The van der Waals surface area contributed by atoms with E-state index in [9.17, 15) is 9.59 Å². The Kier molecular flexibility index (Phi) is 5.40. The molecule has 0 spiro atoms. The van der Waals surface area contributed by atoms with Crippen molar-refractivity contribution in [3.05, 3.63) is 75.9 Å². The Labute approximate surface area is 177 Å². The number of nitrogens with zero attached hydrogens (tertiary/aromatic N) is 3. The maximum atomic E-state index is 12.5. The smallest absolute Gasteiger partial charge is 0.263 e. The molecule has 2 N–H and O–H groups in total. The molecule has 9 heteroatoms. The van der Waals surface area contributed by atoms with E-state index in [4.69, 9.17) is 9.15 Å². The van der Waals surface area contributed by atoms with Gasteiger partial charge in [-0.15, -0.1) is 0 Å². The van der Waals surface area contributed by atoms with Crippen molar-refractivity contribution in [3.8, 4) is 23.2 Å². The fourth-order valence-corrected chi connectivity index (χ4v) is 2.87. The van der Waals surface area contributed by atoms with Crippen LogP contribution in [0.25, 0.3) is 17.4 Å². The third-order valence-corrected chi connectivity index (χ3v) is 4.72. The zero-order valence-electron chi connectivity index (χ0n) is 17.3. The van der Waals surface area contributed by atoms with Gasteiger partial charge in [-0.05, 0) is 45.0 Å². The summed E-state index contributed by atoms with van der Waals surface area (Å²) in [7, 11) is 0. The highest BCUT2D eigenvalue weighted by Crippen LogP contribution is 2.24. The Bertz CT molecular complexity index is 1270. The SMILES string of the molecule is Cc1ccc(OCC(=O)Nc2cc(-c3ccco3)nn2-c2nc(C)c(C)c(=O)[nH]2)cc1. The highest BCUT2D eigenvalue weighted by atomic mass is 16.5. The number of carbonyl (C=O) groups excluding carboxylic acids is 1. The van der Waals surface area contributed by atoms with E-state index in [1.807, 2.05) is 19.1 Å². The number of furan rings is 1. The Balaban J connectivity index is 1.62. The largest absolute Gasteiger partial charge is 0.484 e. The number of hydrogen-bond donors (Lipinski definition) is 2. The molecule has 3 aromatic heterocycles. The van der Waals surface area contributed by atoms with Crippen molar-refractivity contribution in [3.63, 3.8) is 0 Å². The summed E-state index contributed by atoms with van der Waals surface area (Å²) in [6.45, 7) is 5.20. The lowest BCUT2D eigenvalue weighted by Crippen LogP contribution is -2.23. The third kappa shape index (κ3) is 4.40. The lowest BCUT2D eigenvalue weighted by atomic mass is 10.2. The Morgan fingerprint density at radius 3 is 2.65 bits per heavy atom. The van der Waals surface area contributed by atoms with Crippen molar-refractivity contribution in [2.75, 3.05) is 11.9 Å². The van der Waals surface area contributed by atoms with Crippen LogP contribution in [0.4, 0.5) is 5.82 Å². The number of benzene rings is 1. The first-order valence-electron chi connectivity index (χ1n) is 9.62. The van der Waals surface area contributed by atoms with Gasteiger partial charge in [-0.1, -0.05) is 17.7 Å². The van der Waals surface area contributed by atoms with E-state index in [0.29, 0.717) is 34.3 Å². The van der Waals surface area contributed by atoms with Crippen LogP contribution in [-0.4, -0.2) is 32.3 Å². The zero-order chi connectivity index (χ0) is 22.0. The number of hydrogen-bond acceptors (Lipinski definition) is 6. The Morgan fingerprint density at radius 2 is 1.97 bits per heavy atom. The van der Waals surface area contributed by atoms with Crippen LogP contribution in [0.15, 0.2) is 57.9 Å². The van der Waals surface area contributed by atoms with Gasteiger partial charge in [0.05, 0.1) is 6.26 Å². The van der Waals surface area contributed by atoms with Crippen LogP contribution < -0.4 is 15.6 Å². The van der Waals surface area contributed by atoms with Crippen molar-refractivity contribution in [1.29, 1.82) is 0 Å². The quantitative estimate of drug-likeness (QED) is 0.496. The van der Waals surface area contributed by atoms with Gasteiger partial charge < -0.3 is 14.5 Å². The highest BCUT2D eigenvalue weighted by Gasteiger charge is 2.18. The van der Waals surface area contributed by atoms with Gasteiger partial charge in [-0.2, -0.15) is 9.78 Å². The van der Waals surface area contributed by atoms with Gasteiger partial charge in [-0.3, -0.25) is 14.6 Å². The van der Waals surface area contributed by atoms with Crippen molar-refractivity contribution in [2.24, 2.45) is 0 Å². The number of carbonyl (C=O) groups is 1. The topological polar surface area (TPSA) is 115 Å². The van der Waals surface area contributed by atoms with E-state index < -0.39 is 0 Å². The molecular formula is C22H21N5O4. The van der Waals surface area contributed by atoms with Gasteiger partial charge in [0, 0.05) is 17.3 Å². The summed E-state index contributed by atoms with van der Waals surface area (Å²) < 4.78 is 12.3. The van der Waals surface area contributed by atoms with Crippen LogP contribution in [0.3, 0.4) is 0 Å². The first kappa shape index (κ1) is 20.1. The summed E-state index contributed by atoms with van der Waals surface area (Å²) in [5, 5.41) is 7.21. The fourth-order valence-electron chi connectivity index (χ4n) is 2.87. The average Bonchev–Trinajstić information content (AvgIpc) is 3.41. The second-order valence-electron chi connectivity index (χ2n) is 7.05. The van der Waals surface area contributed by atoms with E-state index in [-0.39, 0.29) is 24.0 Å². The summed E-state index contributed by atoms with van der Waals surface area (Å²) in [5.74, 6) is 1.21. The number of H-pyrrole nitrogens is 1.